The lowest BCUT2D eigenvalue weighted by atomic mass is 10.0. The molecule has 0 bridgehead atoms. The molecule has 0 saturated carbocycles. The Morgan fingerprint density at radius 1 is 1.10 bits per heavy atom. The van der Waals surface area contributed by atoms with Gasteiger partial charge in [0.2, 0.25) is 0 Å². The van der Waals surface area contributed by atoms with Crippen LogP contribution in [0.3, 0.4) is 0 Å². The van der Waals surface area contributed by atoms with Gasteiger partial charge in [0.1, 0.15) is 0 Å². The number of thioether (sulfide) groups is 1. The Bertz CT molecular complexity index is 406. The Morgan fingerprint density at radius 2 is 1.70 bits per heavy atom. The van der Waals surface area contributed by atoms with Gasteiger partial charge in [-0.25, -0.2) is 0 Å². The topological polar surface area (TPSA) is 12.0 Å². The third-order valence-corrected chi connectivity index (χ3v) is 5.39. The van der Waals surface area contributed by atoms with Gasteiger partial charge in [-0.05, 0) is 30.7 Å². The van der Waals surface area contributed by atoms with Crippen LogP contribution in [0.2, 0.25) is 0 Å². The predicted molar refractivity (Wildman–Crippen MR) is 80.0 cm³/mol. The fourth-order valence-electron chi connectivity index (χ4n) is 2.24. The average Bonchev–Trinajstić information content (AvgIpc) is 2.43. The van der Waals surface area contributed by atoms with Gasteiger partial charge >= 0.3 is 6.18 Å². The molecule has 0 saturated heterocycles. The number of hydrogen-bond acceptors (Lipinski definition) is 2. The molecular formula is C15H22F3NS. The van der Waals surface area contributed by atoms with Crippen LogP contribution in [-0.4, -0.2) is 17.5 Å². The molecule has 1 nitrogen and oxygen atoms in total. The molecule has 1 aromatic rings. The second kappa shape index (κ2) is 7.36. The van der Waals surface area contributed by atoms with Gasteiger partial charge in [-0.2, -0.15) is 24.9 Å². The zero-order chi connectivity index (χ0) is 15.2. The third kappa shape index (κ3) is 4.42. The van der Waals surface area contributed by atoms with Gasteiger partial charge in [0.05, 0.1) is 5.56 Å². The van der Waals surface area contributed by atoms with Crippen molar-refractivity contribution < 1.29 is 13.2 Å². The SMILES string of the molecule is CCC(CC)(CNCc1ccccc1C(F)(F)F)SC. The summed E-state index contributed by atoms with van der Waals surface area (Å²) in [5.41, 5.74) is -0.238. The Labute approximate surface area is 123 Å². The lowest BCUT2D eigenvalue weighted by Gasteiger charge is -2.30. The molecule has 0 heterocycles. The first-order valence-corrected chi connectivity index (χ1v) is 8.02. The number of alkyl halides is 3. The Morgan fingerprint density at radius 3 is 2.20 bits per heavy atom. The average molecular weight is 305 g/mol. The van der Waals surface area contributed by atoms with E-state index in [1.807, 2.05) is 0 Å². The summed E-state index contributed by atoms with van der Waals surface area (Å²) in [5.74, 6) is 0. The van der Waals surface area contributed by atoms with Crippen molar-refractivity contribution in [3.05, 3.63) is 35.4 Å². The van der Waals surface area contributed by atoms with Gasteiger partial charge < -0.3 is 5.32 Å². The second-order valence-electron chi connectivity index (χ2n) is 4.85. The van der Waals surface area contributed by atoms with Crippen LogP contribution in [0.1, 0.15) is 37.8 Å². The minimum absolute atomic E-state index is 0.104. The van der Waals surface area contributed by atoms with Crippen molar-refractivity contribution in [1.82, 2.24) is 5.32 Å². The lowest BCUT2D eigenvalue weighted by Crippen LogP contribution is -2.36. The van der Waals surface area contributed by atoms with Gasteiger partial charge in [-0.3, -0.25) is 0 Å². The highest BCUT2D eigenvalue weighted by Crippen LogP contribution is 2.32. The minimum Gasteiger partial charge on any atom is -0.311 e. The van der Waals surface area contributed by atoms with Crippen molar-refractivity contribution in [1.29, 1.82) is 0 Å². The molecule has 0 aliphatic rings. The third-order valence-electron chi connectivity index (χ3n) is 3.81. The van der Waals surface area contributed by atoms with Crippen molar-refractivity contribution in [2.24, 2.45) is 0 Å². The van der Waals surface area contributed by atoms with Gasteiger partial charge in [0.15, 0.2) is 0 Å². The van der Waals surface area contributed by atoms with Gasteiger partial charge in [0, 0.05) is 17.8 Å². The molecule has 1 rings (SSSR count). The molecule has 1 N–H and O–H groups in total. The summed E-state index contributed by atoms with van der Waals surface area (Å²) < 4.78 is 38.7. The highest BCUT2D eigenvalue weighted by Gasteiger charge is 2.33. The van der Waals surface area contributed by atoms with Crippen molar-refractivity contribution in [3.63, 3.8) is 0 Å². The maximum absolute atomic E-state index is 12.9. The fourth-order valence-corrected chi connectivity index (χ4v) is 3.06. The quantitative estimate of drug-likeness (QED) is 0.782. The second-order valence-corrected chi connectivity index (χ2v) is 6.13. The van der Waals surface area contributed by atoms with Crippen molar-refractivity contribution in [3.8, 4) is 0 Å². The van der Waals surface area contributed by atoms with Crippen molar-refractivity contribution >= 4 is 11.8 Å². The van der Waals surface area contributed by atoms with Crippen LogP contribution >= 0.6 is 11.8 Å². The molecular weight excluding hydrogens is 283 g/mol. The summed E-state index contributed by atoms with van der Waals surface area (Å²) in [4.78, 5) is 0. The fraction of sp³-hybridized carbons (Fsp3) is 0.600. The number of hydrogen-bond donors (Lipinski definition) is 1. The molecule has 0 aromatic heterocycles. The molecule has 0 aliphatic carbocycles. The molecule has 0 atom stereocenters. The molecule has 0 amide bonds. The van der Waals surface area contributed by atoms with Crippen LogP contribution in [0.15, 0.2) is 24.3 Å². The monoisotopic (exact) mass is 305 g/mol. The maximum atomic E-state index is 12.9. The van der Waals surface area contributed by atoms with Crippen LogP contribution in [0, 0.1) is 0 Å². The Kier molecular flexibility index (Phi) is 6.40. The molecule has 5 heteroatoms. The molecule has 0 unspecified atom stereocenters. The normalized spacial score (nSPS) is 12.7. The van der Waals surface area contributed by atoms with Crippen LogP contribution < -0.4 is 5.32 Å². The number of rotatable bonds is 7. The van der Waals surface area contributed by atoms with E-state index in [9.17, 15) is 13.2 Å². The van der Waals surface area contributed by atoms with E-state index in [-0.39, 0.29) is 11.3 Å². The van der Waals surface area contributed by atoms with E-state index in [0.717, 1.165) is 18.9 Å². The van der Waals surface area contributed by atoms with Gasteiger partial charge in [0.25, 0.3) is 0 Å². The molecule has 0 radical (unpaired) electrons. The predicted octanol–water partition coefficient (Wildman–Crippen LogP) is 4.72. The zero-order valence-corrected chi connectivity index (χ0v) is 13.0. The van der Waals surface area contributed by atoms with Crippen molar-refractivity contribution in [2.75, 3.05) is 12.8 Å². The van der Waals surface area contributed by atoms with Crippen LogP contribution in [0.25, 0.3) is 0 Å². The highest BCUT2D eigenvalue weighted by molar-refractivity contribution is 8.00. The van der Waals surface area contributed by atoms with E-state index in [1.165, 1.54) is 12.1 Å². The first kappa shape index (κ1) is 17.4. The maximum Gasteiger partial charge on any atom is 0.416 e. The standard InChI is InChI=1S/C15H22F3NS/c1-4-14(5-2,20-3)11-19-10-12-8-6-7-9-13(12)15(16,17)18/h6-9,19H,4-5,10-11H2,1-3H3. The van der Waals surface area contributed by atoms with E-state index >= 15 is 0 Å². The first-order chi connectivity index (χ1) is 9.38. The summed E-state index contributed by atoms with van der Waals surface area (Å²) in [6, 6.07) is 5.75. The Balaban J connectivity index is 2.72. The van der Waals surface area contributed by atoms with Crippen LogP contribution in [0.4, 0.5) is 13.2 Å². The van der Waals surface area contributed by atoms with Crippen molar-refractivity contribution in [2.45, 2.75) is 44.2 Å². The smallest absolute Gasteiger partial charge is 0.311 e. The number of benzene rings is 1. The summed E-state index contributed by atoms with van der Waals surface area (Å²) in [6.07, 6.45) is -0.236. The lowest BCUT2D eigenvalue weighted by molar-refractivity contribution is -0.138. The van der Waals surface area contributed by atoms with E-state index < -0.39 is 11.7 Å². The van der Waals surface area contributed by atoms with E-state index in [0.29, 0.717) is 12.1 Å². The van der Waals surface area contributed by atoms with Gasteiger partial charge in [-0.15, -0.1) is 0 Å². The summed E-state index contributed by atoms with van der Waals surface area (Å²) in [5, 5.41) is 3.19. The molecule has 1 aromatic carbocycles. The van der Waals surface area contributed by atoms with Gasteiger partial charge in [-0.1, -0.05) is 32.0 Å². The molecule has 114 valence electrons. The first-order valence-electron chi connectivity index (χ1n) is 6.79. The molecule has 0 fully saturated rings. The van der Waals surface area contributed by atoms with E-state index in [4.69, 9.17) is 0 Å². The Hall–Kier alpha value is -0.680. The minimum atomic E-state index is -4.29. The highest BCUT2D eigenvalue weighted by atomic mass is 32.2. The molecule has 20 heavy (non-hydrogen) atoms. The van der Waals surface area contributed by atoms with E-state index in [2.05, 4.69) is 25.4 Å². The number of halogens is 3. The molecule has 0 aliphatic heterocycles. The largest absolute Gasteiger partial charge is 0.416 e. The van der Waals surface area contributed by atoms with Crippen LogP contribution in [0.5, 0.6) is 0 Å². The summed E-state index contributed by atoms with van der Waals surface area (Å²) in [7, 11) is 0. The van der Waals surface area contributed by atoms with E-state index in [1.54, 1.807) is 17.8 Å². The van der Waals surface area contributed by atoms with Crippen LogP contribution in [-0.2, 0) is 12.7 Å². The zero-order valence-electron chi connectivity index (χ0n) is 12.2. The summed E-state index contributed by atoms with van der Waals surface area (Å²) in [6.45, 7) is 5.20. The summed E-state index contributed by atoms with van der Waals surface area (Å²) >= 11 is 1.78. The molecule has 0 spiro atoms. The number of nitrogens with one attached hydrogen (secondary N) is 1.